The predicted molar refractivity (Wildman–Crippen MR) is 97.7 cm³/mol. The first-order valence-corrected chi connectivity index (χ1v) is 8.95. The van der Waals surface area contributed by atoms with Crippen molar-refractivity contribution in [3.8, 4) is 0 Å². The second-order valence-electron chi connectivity index (χ2n) is 6.93. The third kappa shape index (κ3) is 4.89. The van der Waals surface area contributed by atoms with Gasteiger partial charge in [-0.1, -0.05) is 37.3 Å². The van der Waals surface area contributed by atoms with Gasteiger partial charge in [-0.3, -0.25) is 9.69 Å². The lowest BCUT2D eigenvalue weighted by molar-refractivity contribution is 0.0950. The van der Waals surface area contributed by atoms with Crippen molar-refractivity contribution in [2.24, 2.45) is 5.92 Å². The Morgan fingerprint density at radius 1 is 1.12 bits per heavy atom. The molecule has 1 aliphatic heterocycles. The molecule has 2 aromatic rings. The highest BCUT2D eigenvalue weighted by Gasteiger charge is 2.15. The highest BCUT2D eigenvalue weighted by Crippen LogP contribution is 2.18. The van der Waals surface area contributed by atoms with Crippen LogP contribution in [0.5, 0.6) is 0 Å². The Kier molecular flexibility index (Phi) is 5.82. The summed E-state index contributed by atoms with van der Waals surface area (Å²) in [4.78, 5) is 14.7. The number of piperidine rings is 1. The van der Waals surface area contributed by atoms with Crippen LogP contribution in [0, 0.1) is 11.7 Å². The average Bonchev–Trinajstić information content (AvgIpc) is 2.63. The Bertz CT molecular complexity index is 706. The number of hydrogen-bond donors (Lipinski definition) is 1. The lowest BCUT2D eigenvalue weighted by Gasteiger charge is -2.30. The van der Waals surface area contributed by atoms with Crippen LogP contribution in [0.1, 0.15) is 41.3 Å². The molecule has 25 heavy (non-hydrogen) atoms. The molecule has 1 fully saturated rings. The summed E-state index contributed by atoms with van der Waals surface area (Å²) < 4.78 is 13.6. The summed E-state index contributed by atoms with van der Waals surface area (Å²) in [6, 6.07) is 14.2. The minimum atomic E-state index is -0.297. The number of hydrogen-bond acceptors (Lipinski definition) is 2. The van der Waals surface area contributed by atoms with Crippen LogP contribution in [0.4, 0.5) is 4.39 Å². The topological polar surface area (TPSA) is 32.3 Å². The molecule has 1 aliphatic rings. The maximum Gasteiger partial charge on any atom is 0.251 e. The van der Waals surface area contributed by atoms with Crippen molar-refractivity contribution in [2.75, 3.05) is 13.1 Å². The van der Waals surface area contributed by atoms with Gasteiger partial charge in [-0.2, -0.15) is 0 Å². The smallest absolute Gasteiger partial charge is 0.251 e. The molecule has 0 aliphatic carbocycles. The average molecular weight is 340 g/mol. The molecule has 1 amide bonds. The lowest BCUT2D eigenvalue weighted by Crippen LogP contribution is -2.32. The number of halogens is 1. The zero-order valence-electron chi connectivity index (χ0n) is 14.7. The van der Waals surface area contributed by atoms with Crippen molar-refractivity contribution < 1.29 is 9.18 Å². The second-order valence-corrected chi connectivity index (χ2v) is 6.93. The van der Waals surface area contributed by atoms with Crippen molar-refractivity contribution in [2.45, 2.75) is 32.9 Å². The Balaban J connectivity index is 1.53. The van der Waals surface area contributed by atoms with E-state index in [1.54, 1.807) is 18.2 Å². The van der Waals surface area contributed by atoms with Gasteiger partial charge in [0.25, 0.3) is 5.91 Å². The van der Waals surface area contributed by atoms with Gasteiger partial charge in [-0.25, -0.2) is 4.39 Å². The van der Waals surface area contributed by atoms with E-state index in [9.17, 15) is 9.18 Å². The molecule has 0 saturated carbocycles. The van der Waals surface area contributed by atoms with E-state index in [1.807, 2.05) is 24.3 Å². The fraction of sp³-hybridized carbons (Fsp3) is 0.381. The van der Waals surface area contributed by atoms with E-state index in [4.69, 9.17) is 0 Å². The Morgan fingerprint density at radius 2 is 1.80 bits per heavy atom. The Labute approximate surface area is 148 Å². The van der Waals surface area contributed by atoms with Crippen molar-refractivity contribution in [1.29, 1.82) is 0 Å². The molecule has 2 aromatic carbocycles. The van der Waals surface area contributed by atoms with Crippen molar-refractivity contribution >= 4 is 5.91 Å². The van der Waals surface area contributed by atoms with Crippen molar-refractivity contribution in [3.63, 3.8) is 0 Å². The summed E-state index contributed by atoms with van der Waals surface area (Å²) in [7, 11) is 0. The van der Waals surface area contributed by atoms with Gasteiger partial charge in [0.2, 0.25) is 0 Å². The standard InChI is InChI=1S/C21H25FN2O/c1-16-10-12-24(13-11-16)15-17-6-8-18(9-7-17)21(25)23-14-19-4-2-3-5-20(19)22/h2-9,16H,10-15H2,1H3,(H,23,25). The molecule has 0 bridgehead atoms. The summed E-state index contributed by atoms with van der Waals surface area (Å²) >= 11 is 0. The van der Waals surface area contributed by atoms with E-state index < -0.39 is 0 Å². The Morgan fingerprint density at radius 3 is 2.48 bits per heavy atom. The molecule has 3 rings (SSSR count). The number of rotatable bonds is 5. The number of carbonyl (C=O) groups excluding carboxylic acids is 1. The van der Waals surface area contributed by atoms with Gasteiger partial charge < -0.3 is 5.32 Å². The van der Waals surface area contributed by atoms with Gasteiger partial charge in [-0.05, 0) is 55.6 Å². The molecular weight excluding hydrogens is 315 g/mol. The van der Waals surface area contributed by atoms with Crippen LogP contribution in [0.15, 0.2) is 48.5 Å². The zero-order chi connectivity index (χ0) is 17.6. The van der Waals surface area contributed by atoms with E-state index in [2.05, 4.69) is 17.1 Å². The number of carbonyl (C=O) groups is 1. The first kappa shape index (κ1) is 17.6. The van der Waals surface area contributed by atoms with Crippen molar-refractivity contribution in [3.05, 3.63) is 71.0 Å². The summed E-state index contributed by atoms with van der Waals surface area (Å²) in [5, 5.41) is 2.77. The van der Waals surface area contributed by atoms with E-state index >= 15 is 0 Å². The molecule has 0 spiro atoms. The van der Waals surface area contributed by atoms with Crippen LogP contribution < -0.4 is 5.32 Å². The van der Waals surface area contributed by atoms with Gasteiger partial charge in [0, 0.05) is 24.2 Å². The monoisotopic (exact) mass is 340 g/mol. The second kappa shape index (κ2) is 8.26. The molecule has 0 unspecified atom stereocenters. The third-order valence-electron chi connectivity index (χ3n) is 4.90. The quantitative estimate of drug-likeness (QED) is 0.893. The van der Waals surface area contributed by atoms with Crippen LogP contribution in [-0.4, -0.2) is 23.9 Å². The van der Waals surface area contributed by atoms with Gasteiger partial charge in [0.15, 0.2) is 0 Å². The zero-order valence-corrected chi connectivity index (χ0v) is 14.7. The number of benzene rings is 2. The van der Waals surface area contributed by atoms with Gasteiger partial charge in [0.05, 0.1) is 0 Å². The molecule has 1 N–H and O–H groups in total. The van der Waals surface area contributed by atoms with Gasteiger partial charge >= 0.3 is 0 Å². The minimum absolute atomic E-state index is 0.179. The van der Waals surface area contributed by atoms with E-state index in [0.717, 1.165) is 25.6 Å². The first-order valence-electron chi connectivity index (χ1n) is 8.95. The van der Waals surface area contributed by atoms with Crippen LogP contribution in [0.3, 0.4) is 0 Å². The molecule has 132 valence electrons. The first-order chi connectivity index (χ1) is 12.1. The normalized spacial score (nSPS) is 15.9. The predicted octanol–water partition coefficient (Wildman–Crippen LogP) is 3.99. The SMILES string of the molecule is CC1CCN(Cc2ccc(C(=O)NCc3ccccc3F)cc2)CC1. The van der Waals surface area contributed by atoms with E-state index in [1.165, 1.54) is 24.5 Å². The summed E-state index contributed by atoms with van der Waals surface area (Å²) in [5.41, 5.74) is 2.32. The fourth-order valence-electron chi connectivity index (χ4n) is 3.16. The number of nitrogens with one attached hydrogen (secondary N) is 1. The molecule has 1 saturated heterocycles. The molecule has 0 aromatic heterocycles. The number of amides is 1. The number of nitrogens with zero attached hydrogens (tertiary/aromatic N) is 1. The van der Waals surface area contributed by atoms with Crippen LogP contribution >= 0.6 is 0 Å². The van der Waals surface area contributed by atoms with E-state index in [-0.39, 0.29) is 18.3 Å². The largest absolute Gasteiger partial charge is 0.348 e. The van der Waals surface area contributed by atoms with Crippen LogP contribution in [0.25, 0.3) is 0 Å². The fourth-order valence-corrected chi connectivity index (χ4v) is 3.16. The summed E-state index contributed by atoms with van der Waals surface area (Å²) in [6.45, 7) is 5.73. The minimum Gasteiger partial charge on any atom is -0.348 e. The molecule has 4 heteroatoms. The molecule has 3 nitrogen and oxygen atoms in total. The van der Waals surface area contributed by atoms with Gasteiger partial charge in [0.1, 0.15) is 5.82 Å². The molecule has 1 heterocycles. The molecular formula is C21H25FN2O. The Hall–Kier alpha value is -2.20. The summed E-state index contributed by atoms with van der Waals surface area (Å²) in [5.74, 6) is 0.354. The lowest BCUT2D eigenvalue weighted by atomic mass is 9.99. The molecule has 0 radical (unpaired) electrons. The van der Waals surface area contributed by atoms with Crippen LogP contribution in [-0.2, 0) is 13.1 Å². The maximum atomic E-state index is 13.6. The van der Waals surface area contributed by atoms with E-state index in [0.29, 0.717) is 11.1 Å². The van der Waals surface area contributed by atoms with Crippen LogP contribution in [0.2, 0.25) is 0 Å². The third-order valence-corrected chi connectivity index (χ3v) is 4.90. The van der Waals surface area contributed by atoms with Gasteiger partial charge in [-0.15, -0.1) is 0 Å². The maximum absolute atomic E-state index is 13.6. The van der Waals surface area contributed by atoms with Crippen molar-refractivity contribution in [1.82, 2.24) is 10.2 Å². The molecule has 0 atom stereocenters. The highest BCUT2D eigenvalue weighted by atomic mass is 19.1. The highest BCUT2D eigenvalue weighted by molar-refractivity contribution is 5.94. The summed E-state index contributed by atoms with van der Waals surface area (Å²) in [6.07, 6.45) is 2.52. The number of likely N-dealkylation sites (tertiary alicyclic amines) is 1.